The van der Waals surface area contributed by atoms with Gasteiger partial charge < -0.3 is 10.2 Å². The standard InChI is InChI=1S/C12H22N2O/c1-3-14(2)12(15)8-13-11-7-9-4-5-10(11)6-9/h9-11,13H,3-8H2,1-2H3. The van der Waals surface area contributed by atoms with Crippen LogP contribution in [0.25, 0.3) is 0 Å². The van der Waals surface area contributed by atoms with Gasteiger partial charge >= 0.3 is 0 Å². The SMILES string of the molecule is CCN(C)C(=O)CNC1CC2CCC1C2. The summed E-state index contributed by atoms with van der Waals surface area (Å²) < 4.78 is 0. The number of carbonyl (C=O) groups excluding carboxylic acids is 1. The van der Waals surface area contributed by atoms with Crippen molar-refractivity contribution in [1.29, 1.82) is 0 Å². The van der Waals surface area contributed by atoms with Crippen molar-refractivity contribution in [3.05, 3.63) is 0 Å². The fourth-order valence-corrected chi connectivity index (χ4v) is 3.02. The van der Waals surface area contributed by atoms with Crippen molar-refractivity contribution < 1.29 is 4.79 Å². The predicted octanol–water partition coefficient (Wildman–Crippen LogP) is 1.24. The van der Waals surface area contributed by atoms with E-state index in [1.54, 1.807) is 4.90 Å². The second-order valence-corrected chi connectivity index (χ2v) is 5.07. The minimum atomic E-state index is 0.222. The molecule has 0 aromatic rings. The summed E-state index contributed by atoms with van der Waals surface area (Å²) in [6.45, 7) is 3.34. The van der Waals surface area contributed by atoms with E-state index in [-0.39, 0.29) is 5.91 Å². The van der Waals surface area contributed by atoms with Crippen molar-refractivity contribution in [1.82, 2.24) is 10.2 Å². The minimum absolute atomic E-state index is 0.222. The highest BCUT2D eigenvalue weighted by atomic mass is 16.2. The normalized spacial score (nSPS) is 33.3. The predicted molar refractivity (Wildman–Crippen MR) is 60.5 cm³/mol. The summed E-state index contributed by atoms with van der Waals surface area (Å²) in [5.41, 5.74) is 0. The molecule has 1 amide bonds. The Labute approximate surface area is 92.2 Å². The molecule has 2 aliphatic rings. The zero-order valence-electron chi connectivity index (χ0n) is 9.83. The monoisotopic (exact) mass is 210 g/mol. The molecule has 3 unspecified atom stereocenters. The smallest absolute Gasteiger partial charge is 0.236 e. The first kappa shape index (κ1) is 10.9. The highest BCUT2D eigenvalue weighted by Crippen LogP contribution is 2.44. The summed E-state index contributed by atoms with van der Waals surface area (Å²) in [5, 5.41) is 3.44. The Kier molecular flexibility index (Phi) is 3.29. The molecule has 0 aromatic carbocycles. The van der Waals surface area contributed by atoms with Crippen LogP contribution >= 0.6 is 0 Å². The van der Waals surface area contributed by atoms with Gasteiger partial charge in [-0.3, -0.25) is 4.79 Å². The van der Waals surface area contributed by atoms with E-state index in [1.165, 1.54) is 25.7 Å². The third kappa shape index (κ3) is 2.33. The van der Waals surface area contributed by atoms with Crippen LogP contribution in [-0.2, 0) is 4.79 Å². The number of nitrogens with zero attached hydrogens (tertiary/aromatic N) is 1. The summed E-state index contributed by atoms with van der Waals surface area (Å²) in [5.74, 6) is 2.03. The maximum Gasteiger partial charge on any atom is 0.236 e. The maximum atomic E-state index is 11.6. The lowest BCUT2D eigenvalue weighted by Gasteiger charge is -2.24. The van der Waals surface area contributed by atoms with Crippen LogP contribution in [0.2, 0.25) is 0 Å². The van der Waals surface area contributed by atoms with Crippen molar-refractivity contribution >= 4 is 5.91 Å². The lowest BCUT2D eigenvalue weighted by Crippen LogP contribution is -2.42. The van der Waals surface area contributed by atoms with Gasteiger partial charge in [-0.25, -0.2) is 0 Å². The fraction of sp³-hybridized carbons (Fsp3) is 0.917. The summed E-state index contributed by atoms with van der Waals surface area (Å²) in [4.78, 5) is 13.4. The van der Waals surface area contributed by atoms with Gasteiger partial charge in [-0.1, -0.05) is 6.42 Å². The molecule has 0 aliphatic heterocycles. The first-order chi connectivity index (χ1) is 7.20. The molecular weight excluding hydrogens is 188 g/mol. The Bertz CT molecular complexity index is 242. The van der Waals surface area contributed by atoms with Crippen LogP contribution in [0.5, 0.6) is 0 Å². The molecule has 0 aromatic heterocycles. The fourth-order valence-electron chi connectivity index (χ4n) is 3.02. The molecule has 0 spiro atoms. The Hall–Kier alpha value is -0.570. The molecule has 3 heteroatoms. The molecule has 0 saturated heterocycles. The third-order valence-electron chi connectivity index (χ3n) is 4.15. The van der Waals surface area contributed by atoms with E-state index >= 15 is 0 Å². The molecule has 0 heterocycles. The van der Waals surface area contributed by atoms with Gasteiger partial charge in [0.1, 0.15) is 0 Å². The van der Waals surface area contributed by atoms with Crippen LogP contribution in [-0.4, -0.2) is 37.0 Å². The van der Waals surface area contributed by atoms with Gasteiger partial charge in [-0.05, 0) is 38.0 Å². The van der Waals surface area contributed by atoms with Crippen LogP contribution in [0, 0.1) is 11.8 Å². The van der Waals surface area contributed by atoms with Crippen LogP contribution < -0.4 is 5.32 Å². The average molecular weight is 210 g/mol. The van der Waals surface area contributed by atoms with Gasteiger partial charge in [0, 0.05) is 19.6 Å². The number of fused-ring (bicyclic) bond motifs is 2. The van der Waals surface area contributed by atoms with Gasteiger partial charge in [0.05, 0.1) is 6.54 Å². The van der Waals surface area contributed by atoms with Crippen molar-refractivity contribution in [2.45, 2.75) is 38.6 Å². The number of nitrogens with one attached hydrogen (secondary N) is 1. The number of carbonyl (C=O) groups is 1. The lowest BCUT2D eigenvalue weighted by molar-refractivity contribution is -0.128. The number of rotatable bonds is 4. The average Bonchev–Trinajstić information content (AvgIpc) is 2.86. The van der Waals surface area contributed by atoms with Gasteiger partial charge in [-0.2, -0.15) is 0 Å². The maximum absolute atomic E-state index is 11.6. The molecule has 2 saturated carbocycles. The quantitative estimate of drug-likeness (QED) is 0.757. The molecule has 3 atom stereocenters. The zero-order valence-corrected chi connectivity index (χ0v) is 9.83. The molecule has 15 heavy (non-hydrogen) atoms. The second kappa shape index (κ2) is 4.52. The van der Waals surface area contributed by atoms with E-state index in [0.717, 1.165) is 18.4 Å². The van der Waals surface area contributed by atoms with Crippen molar-refractivity contribution in [3.8, 4) is 0 Å². The second-order valence-electron chi connectivity index (χ2n) is 5.07. The zero-order chi connectivity index (χ0) is 10.8. The molecule has 2 aliphatic carbocycles. The van der Waals surface area contributed by atoms with E-state index in [0.29, 0.717) is 12.6 Å². The summed E-state index contributed by atoms with van der Waals surface area (Å²) >= 11 is 0. The molecule has 2 rings (SSSR count). The van der Waals surface area contributed by atoms with Crippen LogP contribution in [0.1, 0.15) is 32.6 Å². The number of likely N-dealkylation sites (N-methyl/N-ethyl adjacent to an activating group) is 1. The Morgan fingerprint density at radius 2 is 2.20 bits per heavy atom. The van der Waals surface area contributed by atoms with Crippen molar-refractivity contribution in [2.24, 2.45) is 11.8 Å². The van der Waals surface area contributed by atoms with Gasteiger partial charge in [0.25, 0.3) is 0 Å². The van der Waals surface area contributed by atoms with E-state index in [2.05, 4.69) is 5.32 Å². The molecule has 2 bridgehead atoms. The number of hydrogen-bond donors (Lipinski definition) is 1. The topological polar surface area (TPSA) is 32.3 Å². The van der Waals surface area contributed by atoms with Crippen molar-refractivity contribution in [3.63, 3.8) is 0 Å². The number of hydrogen-bond acceptors (Lipinski definition) is 2. The van der Waals surface area contributed by atoms with Crippen LogP contribution in [0.15, 0.2) is 0 Å². The van der Waals surface area contributed by atoms with E-state index in [9.17, 15) is 4.79 Å². The number of amides is 1. The third-order valence-corrected chi connectivity index (χ3v) is 4.15. The summed E-state index contributed by atoms with van der Waals surface area (Å²) in [6, 6.07) is 0.623. The van der Waals surface area contributed by atoms with Gasteiger partial charge in [0.2, 0.25) is 5.91 Å². The van der Waals surface area contributed by atoms with E-state index in [4.69, 9.17) is 0 Å². The Balaban J connectivity index is 1.72. The molecule has 86 valence electrons. The first-order valence-electron chi connectivity index (χ1n) is 6.18. The van der Waals surface area contributed by atoms with Crippen molar-refractivity contribution in [2.75, 3.05) is 20.1 Å². The first-order valence-corrected chi connectivity index (χ1v) is 6.18. The summed E-state index contributed by atoms with van der Waals surface area (Å²) in [7, 11) is 1.87. The van der Waals surface area contributed by atoms with Crippen LogP contribution in [0.3, 0.4) is 0 Å². The minimum Gasteiger partial charge on any atom is -0.345 e. The molecular formula is C12H22N2O. The Morgan fingerprint density at radius 3 is 2.73 bits per heavy atom. The highest BCUT2D eigenvalue weighted by molar-refractivity contribution is 5.77. The largest absolute Gasteiger partial charge is 0.345 e. The molecule has 2 fully saturated rings. The summed E-state index contributed by atoms with van der Waals surface area (Å²) in [6.07, 6.45) is 5.50. The van der Waals surface area contributed by atoms with Gasteiger partial charge in [-0.15, -0.1) is 0 Å². The highest BCUT2D eigenvalue weighted by Gasteiger charge is 2.39. The van der Waals surface area contributed by atoms with E-state index < -0.39 is 0 Å². The molecule has 3 nitrogen and oxygen atoms in total. The van der Waals surface area contributed by atoms with Crippen LogP contribution in [0.4, 0.5) is 0 Å². The van der Waals surface area contributed by atoms with Gasteiger partial charge in [0.15, 0.2) is 0 Å². The lowest BCUT2D eigenvalue weighted by atomic mass is 9.95. The molecule has 1 N–H and O–H groups in total. The molecule has 0 radical (unpaired) electrons. The van der Waals surface area contributed by atoms with E-state index in [1.807, 2.05) is 14.0 Å². The Morgan fingerprint density at radius 1 is 1.40 bits per heavy atom.